The number of hydrogen-bond acceptors (Lipinski definition) is 2. The molecule has 1 nitrogen and oxygen atoms in total. The van der Waals surface area contributed by atoms with Gasteiger partial charge in [-0.3, -0.25) is 0 Å². The van der Waals surface area contributed by atoms with Crippen LogP contribution in [0.1, 0.15) is 24.8 Å². The lowest BCUT2D eigenvalue weighted by atomic mass is 9.93. The van der Waals surface area contributed by atoms with Gasteiger partial charge in [-0.25, -0.2) is 0 Å². The van der Waals surface area contributed by atoms with Gasteiger partial charge in [0.15, 0.2) is 0 Å². The number of hydrogen-bond donors (Lipinski definition) is 1. The third-order valence-electron chi connectivity index (χ3n) is 3.31. The van der Waals surface area contributed by atoms with Crippen LogP contribution in [-0.4, -0.2) is 22.7 Å². The summed E-state index contributed by atoms with van der Waals surface area (Å²) in [6.45, 7) is 0. The SMILES string of the molecule is OC(Cc1cccc(Br)c1)CC1CCSCC1. The molecular weight excluding hydrogens is 296 g/mol. The molecule has 0 saturated carbocycles. The molecule has 0 radical (unpaired) electrons. The molecule has 1 atom stereocenters. The average Bonchev–Trinajstić information content (AvgIpc) is 2.30. The van der Waals surface area contributed by atoms with Crippen LogP contribution >= 0.6 is 27.7 Å². The van der Waals surface area contributed by atoms with Gasteiger partial charge in [-0.2, -0.15) is 11.8 Å². The Morgan fingerprint density at radius 2 is 2.12 bits per heavy atom. The lowest BCUT2D eigenvalue weighted by Crippen LogP contribution is -2.19. The van der Waals surface area contributed by atoms with Crippen molar-refractivity contribution in [2.45, 2.75) is 31.8 Å². The molecule has 0 aliphatic carbocycles. The summed E-state index contributed by atoms with van der Waals surface area (Å²) in [6, 6.07) is 8.24. The van der Waals surface area contributed by atoms with Crippen LogP contribution in [0.25, 0.3) is 0 Å². The molecule has 94 valence electrons. The zero-order chi connectivity index (χ0) is 12.1. The highest BCUT2D eigenvalue weighted by molar-refractivity contribution is 9.10. The van der Waals surface area contributed by atoms with E-state index in [1.165, 1.54) is 29.9 Å². The van der Waals surface area contributed by atoms with Crippen molar-refractivity contribution in [3.05, 3.63) is 34.3 Å². The normalized spacial score (nSPS) is 19.2. The summed E-state index contributed by atoms with van der Waals surface area (Å²) in [5.74, 6) is 3.28. The molecule has 1 aliphatic heterocycles. The van der Waals surface area contributed by atoms with Gasteiger partial charge in [0.2, 0.25) is 0 Å². The van der Waals surface area contributed by atoms with E-state index in [-0.39, 0.29) is 6.10 Å². The summed E-state index contributed by atoms with van der Waals surface area (Å²) in [6.07, 6.45) is 4.12. The highest BCUT2D eigenvalue weighted by Gasteiger charge is 2.17. The maximum Gasteiger partial charge on any atom is 0.0583 e. The molecule has 1 fully saturated rings. The number of aliphatic hydroxyl groups excluding tert-OH is 1. The fourth-order valence-corrected chi connectivity index (χ4v) is 4.04. The Labute approximate surface area is 116 Å². The molecule has 1 aliphatic rings. The zero-order valence-electron chi connectivity index (χ0n) is 9.94. The smallest absolute Gasteiger partial charge is 0.0583 e. The standard InChI is InChI=1S/C14H19BrOS/c15-13-3-1-2-12(8-13)10-14(16)9-11-4-6-17-7-5-11/h1-3,8,11,14,16H,4-7,9-10H2. The van der Waals surface area contributed by atoms with Crippen molar-refractivity contribution in [1.29, 1.82) is 0 Å². The molecule has 0 aromatic heterocycles. The molecule has 1 heterocycles. The Morgan fingerprint density at radius 1 is 1.35 bits per heavy atom. The van der Waals surface area contributed by atoms with Gasteiger partial charge in [0.1, 0.15) is 0 Å². The molecule has 1 aromatic rings. The third kappa shape index (κ3) is 4.65. The molecule has 1 N–H and O–H groups in total. The maximum absolute atomic E-state index is 10.1. The number of benzene rings is 1. The van der Waals surface area contributed by atoms with Crippen LogP contribution in [0.5, 0.6) is 0 Å². The Morgan fingerprint density at radius 3 is 2.82 bits per heavy atom. The van der Waals surface area contributed by atoms with Crippen LogP contribution in [0.2, 0.25) is 0 Å². The number of thioether (sulfide) groups is 1. The predicted octanol–water partition coefficient (Wildman–Crippen LogP) is 3.89. The van der Waals surface area contributed by atoms with Crippen LogP contribution in [-0.2, 0) is 6.42 Å². The number of halogens is 1. The summed E-state index contributed by atoms with van der Waals surface area (Å²) in [5.41, 5.74) is 1.22. The van der Waals surface area contributed by atoms with Crippen molar-refractivity contribution in [3.8, 4) is 0 Å². The number of aliphatic hydroxyl groups is 1. The molecule has 0 spiro atoms. The Kier molecular flexibility index (Phi) is 5.39. The fraction of sp³-hybridized carbons (Fsp3) is 0.571. The van der Waals surface area contributed by atoms with Gasteiger partial charge in [-0.1, -0.05) is 28.1 Å². The van der Waals surface area contributed by atoms with E-state index < -0.39 is 0 Å². The fourth-order valence-electron chi connectivity index (χ4n) is 2.39. The minimum Gasteiger partial charge on any atom is -0.393 e. The molecule has 2 rings (SSSR count). The maximum atomic E-state index is 10.1. The van der Waals surface area contributed by atoms with E-state index in [4.69, 9.17) is 0 Å². The van der Waals surface area contributed by atoms with Crippen molar-refractivity contribution >= 4 is 27.7 Å². The molecule has 1 unspecified atom stereocenters. The van der Waals surface area contributed by atoms with Gasteiger partial charge in [0.05, 0.1) is 6.10 Å². The first-order valence-corrected chi connectivity index (χ1v) is 8.19. The quantitative estimate of drug-likeness (QED) is 0.910. The van der Waals surface area contributed by atoms with Crippen molar-refractivity contribution in [1.82, 2.24) is 0 Å². The van der Waals surface area contributed by atoms with Crippen molar-refractivity contribution in [3.63, 3.8) is 0 Å². The summed E-state index contributed by atoms with van der Waals surface area (Å²) < 4.78 is 1.09. The van der Waals surface area contributed by atoms with Gasteiger partial charge < -0.3 is 5.11 Å². The molecule has 0 amide bonds. The van der Waals surface area contributed by atoms with Gasteiger partial charge >= 0.3 is 0 Å². The van der Waals surface area contributed by atoms with Crippen LogP contribution in [0.3, 0.4) is 0 Å². The Balaban J connectivity index is 1.82. The summed E-state index contributed by atoms with van der Waals surface area (Å²) in [7, 11) is 0. The Bertz CT molecular complexity index is 350. The van der Waals surface area contributed by atoms with E-state index in [0.29, 0.717) is 0 Å². The van der Waals surface area contributed by atoms with Crippen LogP contribution in [0, 0.1) is 5.92 Å². The summed E-state index contributed by atoms with van der Waals surface area (Å²) in [5, 5.41) is 10.1. The average molecular weight is 315 g/mol. The van der Waals surface area contributed by atoms with E-state index in [2.05, 4.69) is 28.1 Å². The first-order chi connectivity index (χ1) is 8.24. The monoisotopic (exact) mass is 314 g/mol. The number of rotatable bonds is 4. The van der Waals surface area contributed by atoms with Crippen LogP contribution in [0.4, 0.5) is 0 Å². The van der Waals surface area contributed by atoms with E-state index in [9.17, 15) is 5.11 Å². The lowest BCUT2D eigenvalue weighted by Gasteiger charge is -2.23. The second-order valence-electron chi connectivity index (χ2n) is 4.78. The highest BCUT2D eigenvalue weighted by Crippen LogP contribution is 2.27. The molecule has 1 aromatic carbocycles. The third-order valence-corrected chi connectivity index (χ3v) is 4.85. The summed E-state index contributed by atoms with van der Waals surface area (Å²) >= 11 is 5.51. The Hall–Kier alpha value is 0.01000. The highest BCUT2D eigenvalue weighted by atomic mass is 79.9. The van der Waals surface area contributed by atoms with Crippen LogP contribution < -0.4 is 0 Å². The minimum atomic E-state index is -0.183. The second kappa shape index (κ2) is 6.81. The van der Waals surface area contributed by atoms with Gasteiger partial charge in [0, 0.05) is 4.47 Å². The molecule has 3 heteroatoms. The van der Waals surface area contributed by atoms with E-state index >= 15 is 0 Å². The largest absolute Gasteiger partial charge is 0.393 e. The lowest BCUT2D eigenvalue weighted by molar-refractivity contribution is 0.139. The van der Waals surface area contributed by atoms with E-state index in [1.54, 1.807) is 0 Å². The predicted molar refractivity (Wildman–Crippen MR) is 78.5 cm³/mol. The van der Waals surface area contributed by atoms with Crippen LogP contribution in [0.15, 0.2) is 28.7 Å². The molecule has 17 heavy (non-hydrogen) atoms. The van der Waals surface area contributed by atoms with Gasteiger partial charge in [0.25, 0.3) is 0 Å². The molecule has 0 bridgehead atoms. The van der Waals surface area contributed by atoms with Gasteiger partial charge in [-0.05, 0) is 60.8 Å². The van der Waals surface area contributed by atoms with Crippen molar-refractivity contribution < 1.29 is 5.11 Å². The minimum absolute atomic E-state index is 0.183. The summed E-state index contributed by atoms with van der Waals surface area (Å²) in [4.78, 5) is 0. The van der Waals surface area contributed by atoms with Crippen molar-refractivity contribution in [2.75, 3.05) is 11.5 Å². The first-order valence-electron chi connectivity index (χ1n) is 6.24. The first kappa shape index (κ1) is 13.4. The zero-order valence-corrected chi connectivity index (χ0v) is 12.3. The van der Waals surface area contributed by atoms with E-state index in [0.717, 1.165) is 23.2 Å². The molecule has 1 saturated heterocycles. The van der Waals surface area contributed by atoms with Gasteiger partial charge in [-0.15, -0.1) is 0 Å². The second-order valence-corrected chi connectivity index (χ2v) is 6.92. The van der Waals surface area contributed by atoms with Crippen molar-refractivity contribution in [2.24, 2.45) is 5.92 Å². The molecular formula is C14H19BrOS. The topological polar surface area (TPSA) is 20.2 Å². The van der Waals surface area contributed by atoms with E-state index in [1.807, 2.05) is 23.9 Å².